The summed E-state index contributed by atoms with van der Waals surface area (Å²) in [5.74, 6) is 1.01. The van der Waals surface area contributed by atoms with Crippen molar-refractivity contribution in [3.05, 3.63) is 23.9 Å². The number of carbonyl (C=O) groups is 1. The van der Waals surface area contributed by atoms with Crippen LogP contribution in [-0.2, 0) is 11.3 Å². The van der Waals surface area contributed by atoms with Gasteiger partial charge in [0.15, 0.2) is 0 Å². The van der Waals surface area contributed by atoms with Crippen LogP contribution >= 0.6 is 0 Å². The predicted octanol–water partition coefficient (Wildman–Crippen LogP) is 1.40. The summed E-state index contributed by atoms with van der Waals surface area (Å²) >= 11 is 0. The molecule has 7 nitrogen and oxygen atoms in total. The lowest BCUT2D eigenvalue weighted by Gasteiger charge is -2.34. The van der Waals surface area contributed by atoms with Crippen LogP contribution in [0.5, 0.6) is 0 Å². The molecule has 2 heterocycles. The minimum Gasteiger partial charge on any atom is -0.383 e. The minimum atomic E-state index is -0.107. The normalized spacial score (nSPS) is 16.6. The van der Waals surface area contributed by atoms with Gasteiger partial charge in [-0.05, 0) is 25.1 Å². The van der Waals surface area contributed by atoms with Crippen LogP contribution in [0.2, 0.25) is 0 Å². The van der Waals surface area contributed by atoms with Crippen molar-refractivity contribution in [3.63, 3.8) is 0 Å². The Balaban J connectivity index is 1.81. The molecular weight excluding hydrogens is 318 g/mol. The first-order valence-corrected chi connectivity index (χ1v) is 8.97. The van der Waals surface area contributed by atoms with E-state index in [1.165, 1.54) is 0 Å². The highest BCUT2D eigenvalue weighted by Gasteiger charge is 2.17. The molecule has 2 amide bonds. The van der Waals surface area contributed by atoms with Crippen molar-refractivity contribution in [1.82, 2.24) is 20.1 Å². The van der Waals surface area contributed by atoms with Crippen molar-refractivity contribution >= 4 is 11.8 Å². The molecule has 0 aliphatic carbocycles. The van der Waals surface area contributed by atoms with Gasteiger partial charge >= 0.3 is 6.03 Å². The molecule has 1 fully saturated rings. The fourth-order valence-electron chi connectivity index (χ4n) is 2.86. The second-order valence-corrected chi connectivity index (χ2v) is 6.52. The number of anilines is 1. The quantitative estimate of drug-likeness (QED) is 0.806. The summed E-state index contributed by atoms with van der Waals surface area (Å²) in [5.41, 5.74) is 0.997. The van der Waals surface area contributed by atoms with E-state index in [2.05, 4.69) is 27.0 Å². The van der Waals surface area contributed by atoms with Gasteiger partial charge in [0.25, 0.3) is 0 Å². The Labute approximate surface area is 150 Å². The third-order valence-electron chi connectivity index (χ3n) is 4.79. The van der Waals surface area contributed by atoms with Crippen LogP contribution in [0.15, 0.2) is 18.3 Å². The summed E-state index contributed by atoms with van der Waals surface area (Å²) in [6, 6.07) is 4.00. The van der Waals surface area contributed by atoms with E-state index < -0.39 is 0 Å². The van der Waals surface area contributed by atoms with Crippen molar-refractivity contribution in [3.8, 4) is 0 Å². The van der Waals surface area contributed by atoms with Gasteiger partial charge in [-0.3, -0.25) is 0 Å². The molecule has 0 unspecified atom stereocenters. The number of pyridine rings is 1. The first kappa shape index (κ1) is 19.5. The molecule has 0 radical (unpaired) electrons. The molecule has 7 heteroatoms. The van der Waals surface area contributed by atoms with Crippen molar-refractivity contribution < 1.29 is 9.53 Å². The summed E-state index contributed by atoms with van der Waals surface area (Å²) in [5, 5.41) is 2.92. The highest BCUT2D eigenvalue weighted by atomic mass is 16.5. The second-order valence-electron chi connectivity index (χ2n) is 6.52. The van der Waals surface area contributed by atoms with E-state index in [4.69, 9.17) is 4.74 Å². The molecular formula is C18H31N5O2. The molecule has 1 aliphatic heterocycles. The number of rotatable bonds is 7. The summed E-state index contributed by atoms with van der Waals surface area (Å²) in [6.07, 6.45) is 1.85. The third-order valence-corrected chi connectivity index (χ3v) is 4.79. The highest BCUT2D eigenvalue weighted by Crippen LogP contribution is 2.14. The zero-order chi connectivity index (χ0) is 18.2. The first-order valence-electron chi connectivity index (χ1n) is 8.97. The highest BCUT2D eigenvalue weighted by molar-refractivity contribution is 5.74. The van der Waals surface area contributed by atoms with Crippen LogP contribution in [-0.4, -0.2) is 80.3 Å². The van der Waals surface area contributed by atoms with Crippen LogP contribution in [0.25, 0.3) is 0 Å². The van der Waals surface area contributed by atoms with E-state index >= 15 is 0 Å². The molecule has 25 heavy (non-hydrogen) atoms. The van der Waals surface area contributed by atoms with Gasteiger partial charge in [0, 0.05) is 53.1 Å². The topological polar surface area (TPSA) is 60.9 Å². The van der Waals surface area contributed by atoms with E-state index in [-0.39, 0.29) is 12.1 Å². The van der Waals surface area contributed by atoms with Crippen molar-refractivity contribution in [1.29, 1.82) is 0 Å². The second kappa shape index (κ2) is 9.58. The van der Waals surface area contributed by atoms with Crippen LogP contribution in [0.4, 0.5) is 10.6 Å². The fourth-order valence-corrected chi connectivity index (χ4v) is 2.86. The molecule has 2 rings (SSSR count). The number of methoxy groups -OCH3 is 1. The third kappa shape index (κ3) is 5.57. The summed E-state index contributed by atoms with van der Waals surface area (Å²) in [7, 11) is 3.41. The minimum absolute atomic E-state index is 0.0345. The number of urea groups is 1. The van der Waals surface area contributed by atoms with E-state index in [9.17, 15) is 4.79 Å². The molecule has 1 aromatic rings. The standard InChI is InChI=1S/C18H31N5O2/c1-5-22-8-10-23(11-9-22)17-7-6-16(12-19-17)13-20-18(24)21(3)15(2)14-25-4/h6-7,12,15H,5,8-11,13-14H2,1-4H3,(H,20,24)/t15-/m0/s1. The van der Waals surface area contributed by atoms with Gasteiger partial charge in [-0.1, -0.05) is 13.0 Å². The fraction of sp³-hybridized carbons (Fsp3) is 0.667. The monoisotopic (exact) mass is 349 g/mol. The average Bonchev–Trinajstić information content (AvgIpc) is 2.66. The van der Waals surface area contributed by atoms with Gasteiger partial charge in [-0.25, -0.2) is 9.78 Å². The SMILES string of the molecule is CCN1CCN(c2ccc(CNC(=O)N(C)[C@@H](C)COC)cn2)CC1. The van der Waals surface area contributed by atoms with E-state index in [1.807, 2.05) is 25.3 Å². The van der Waals surface area contributed by atoms with Gasteiger partial charge in [0.1, 0.15) is 5.82 Å². The van der Waals surface area contributed by atoms with Gasteiger partial charge < -0.3 is 24.8 Å². The molecule has 0 saturated carbocycles. The molecule has 1 saturated heterocycles. The number of hydrogen-bond acceptors (Lipinski definition) is 5. The van der Waals surface area contributed by atoms with Crippen LogP contribution in [0, 0.1) is 0 Å². The summed E-state index contributed by atoms with van der Waals surface area (Å²) in [6.45, 7) is 10.5. The van der Waals surface area contributed by atoms with E-state index in [0.717, 1.165) is 44.1 Å². The molecule has 140 valence electrons. The Kier molecular flexibility index (Phi) is 7.46. The van der Waals surface area contributed by atoms with Gasteiger partial charge in [0.2, 0.25) is 0 Å². The average molecular weight is 349 g/mol. The maximum atomic E-state index is 12.1. The molecule has 0 bridgehead atoms. The lowest BCUT2D eigenvalue weighted by Crippen LogP contribution is -2.46. The van der Waals surface area contributed by atoms with Gasteiger partial charge in [-0.2, -0.15) is 0 Å². The predicted molar refractivity (Wildman–Crippen MR) is 99.9 cm³/mol. The van der Waals surface area contributed by atoms with Crippen molar-refractivity contribution in [2.24, 2.45) is 0 Å². The lowest BCUT2D eigenvalue weighted by molar-refractivity contribution is 0.123. The van der Waals surface area contributed by atoms with Crippen LogP contribution < -0.4 is 10.2 Å². The molecule has 1 N–H and O–H groups in total. The van der Waals surface area contributed by atoms with E-state index in [1.54, 1.807) is 19.1 Å². The van der Waals surface area contributed by atoms with Crippen LogP contribution in [0.3, 0.4) is 0 Å². The maximum Gasteiger partial charge on any atom is 0.317 e. The zero-order valence-corrected chi connectivity index (χ0v) is 15.9. The Bertz CT molecular complexity index is 529. The van der Waals surface area contributed by atoms with Gasteiger partial charge in [-0.15, -0.1) is 0 Å². The number of likely N-dealkylation sites (N-methyl/N-ethyl adjacent to an activating group) is 2. The Morgan fingerprint density at radius 2 is 2.08 bits per heavy atom. The number of nitrogens with one attached hydrogen (secondary N) is 1. The number of nitrogens with zero attached hydrogens (tertiary/aromatic N) is 4. The molecule has 1 aliphatic rings. The number of amides is 2. The Morgan fingerprint density at radius 3 is 2.64 bits per heavy atom. The number of aromatic nitrogens is 1. The smallest absolute Gasteiger partial charge is 0.317 e. The Morgan fingerprint density at radius 1 is 1.36 bits per heavy atom. The first-order chi connectivity index (χ1) is 12.0. The van der Waals surface area contributed by atoms with Crippen molar-refractivity contribution in [2.45, 2.75) is 26.4 Å². The Hall–Kier alpha value is -1.86. The number of piperazine rings is 1. The summed E-state index contributed by atoms with van der Waals surface area (Å²) < 4.78 is 5.08. The largest absolute Gasteiger partial charge is 0.383 e. The summed E-state index contributed by atoms with van der Waals surface area (Å²) in [4.78, 5) is 23.1. The zero-order valence-electron chi connectivity index (χ0n) is 15.9. The molecule has 0 aromatic carbocycles. The lowest BCUT2D eigenvalue weighted by atomic mass is 10.2. The van der Waals surface area contributed by atoms with Crippen molar-refractivity contribution in [2.75, 3.05) is 58.4 Å². The number of hydrogen-bond donors (Lipinski definition) is 1. The van der Waals surface area contributed by atoms with Crippen LogP contribution in [0.1, 0.15) is 19.4 Å². The molecule has 1 atom stereocenters. The molecule has 0 spiro atoms. The number of ether oxygens (including phenoxy) is 1. The molecule has 1 aromatic heterocycles. The van der Waals surface area contributed by atoms with E-state index in [0.29, 0.717) is 13.2 Å². The number of carbonyl (C=O) groups excluding carboxylic acids is 1. The maximum absolute atomic E-state index is 12.1. The van der Waals surface area contributed by atoms with Gasteiger partial charge in [0.05, 0.1) is 12.6 Å².